The van der Waals surface area contributed by atoms with E-state index in [0.29, 0.717) is 33.0 Å². The van der Waals surface area contributed by atoms with E-state index in [1.807, 2.05) is 23.5 Å². The van der Waals surface area contributed by atoms with E-state index in [1.54, 1.807) is 23.1 Å². The average Bonchev–Trinajstić information content (AvgIpc) is 3.28. The van der Waals surface area contributed by atoms with Gasteiger partial charge >= 0.3 is 0 Å². The van der Waals surface area contributed by atoms with Crippen molar-refractivity contribution in [3.05, 3.63) is 58.5 Å². The first-order valence-electron chi connectivity index (χ1n) is 10.3. The Morgan fingerprint density at radius 3 is 2.94 bits per heavy atom. The predicted octanol–water partition coefficient (Wildman–Crippen LogP) is 3.18. The van der Waals surface area contributed by atoms with E-state index in [0.717, 1.165) is 29.2 Å². The van der Waals surface area contributed by atoms with E-state index >= 15 is 0 Å². The number of rotatable bonds is 6. The smallest absolute Gasteiger partial charge is 0.253 e. The van der Waals surface area contributed by atoms with Crippen molar-refractivity contribution in [2.75, 3.05) is 0 Å². The molecule has 6 rings (SSSR count). The van der Waals surface area contributed by atoms with Gasteiger partial charge in [0, 0.05) is 12.1 Å². The summed E-state index contributed by atoms with van der Waals surface area (Å²) >= 11 is 7.61. The lowest BCUT2D eigenvalue weighted by molar-refractivity contribution is 0.0938. The summed E-state index contributed by atoms with van der Waals surface area (Å²) in [6.45, 7) is 1.83. The lowest BCUT2D eigenvalue weighted by atomic mass is 10.2. The van der Waals surface area contributed by atoms with Gasteiger partial charge in [0.25, 0.3) is 5.91 Å². The number of halogens is 1. The lowest BCUT2D eigenvalue weighted by Gasteiger charge is -2.13. The molecule has 5 aromatic rings. The highest BCUT2D eigenvalue weighted by Crippen LogP contribution is 2.40. The van der Waals surface area contributed by atoms with Crippen molar-refractivity contribution in [1.29, 1.82) is 0 Å². The van der Waals surface area contributed by atoms with Crippen molar-refractivity contribution in [2.45, 2.75) is 31.7 Å². The van der Waals surface area contributed by atoms with Crippen LogP contribution in [-0.4, -0.2) is 50.7 Å². The molecule has 1 aliphatic carbocycles. The zero-order chi connectivity index (χ0) is 22.5. The second-order valence-corrected chi connectivity index (χ2v) is 9.56. The molecule has 166 valence electrons. The molecule has 0 saturated heterocycles. The molecule has 5 aromatic heterocycles. The number of H-pyrrole nitrogens is 1. The second kappa shape index (κ2) is 7.74. The van der Waals surface area contributed by atoms with Crippen molar-refractivity contribution >= 4 is 34.5 Å². The zero-order valence-electron chi connectivity index (χ0n) is 17.3. The molecule has 2 N–H and O–H groups in total. The average molecular weight is 481 g/mol. The zero-order valence-corrected chi connectivity index (χ0v) is 18.9. The molecule has 0 radical (unpaired) electrons. The molecule has 1 atom stereocenters. The van der Waals surface area contributed by atoms with Crippen LogP contribution < -0.4 is 5.32 Å². The Morgan fingerprint density at radius 2 is 2.21 bits per heavy atom. The molecule has 1 aliphatic rings. The minimum Gasteiger partial charge on any atom is -0.342 e. The van der Waals surface area contributed by atoms with Crippen LogP contribution in [0, 0.1) is 0 Å². The number of thiophene rings is 1. The van der Waals surface area contributed by atoms with Gasteiger partial charge in [-0.15, -0.1) is 26.6 Å². The molecule has 5 heterocycles. The van der Waals surface area contributed by atoms with E-state index in [4.69, 9.17) is 11.6 Å². The number of fused-ring (bicyclic) bond motifs is 1. The number of hydrogen-bond donors (Lipinski definition) is 2. The summed E-state index contributed by atoms with van der Waals surface area (Å²) in [5.41, 5.74) is 2.53. The summed E-state index contributed by atoms with van der Waals surface area (Å²) in [4.78, 5) is 21.7. The highest BCUT2D eigenvalue weighted by Gasteiger charge is 2.31. The Labute approximate surface area is 195 Å². The van der Waals surface area contributed by atoms with Crippen LogP contribution in [0.5, 0.6) is 0 Å². The first-order chi connectivity index (χ1) is 16.1. The molecular weight excluding hydrogens is 464 g/mol. The summed E-state index contributed by atoms with van der Waals surface area (Å²) in [6, 6.07) is 5.18. The van der Waals surface area contributed by atoms with Crippen LogP contribution in [0.25, 0.3) is 21.9 Å². The third-order valence-corrected chi connectivity index (χ3v) is 6.79. The molecule has 0 bridgehead atoms. The molecular formula is C20H17ClN10OS. The van der Waals surface area contributed by atoms with Gasteiger partial charge in [-0.3, -0.25) is 9.20 Å². The van der Waals surface area contributed by atoms with Crippen LogP contribution in [-0.2, 0) is 0 Å². The van der Waals surface area contributed by atoms with Crippen LogP contribution in [0.4, 0.5) is 0 Å². The number of pyridine rings is 1. The molecule has 0 unspecified atom stereocenters. The Morgan fingerprint density at radius 1 is 1.33 bits per heavy atom. The minimum atomic E-state index is -0.354. The second-order valence-electron chi connectivity index (χ2n) is 7.85. The van der Waals surface area contributed by atoms with Gasteiger partial charge in [-0.05, 0) is 48.4 Å². The maximum atomic E-state index is 13.2. The molecule has 1 saturated carbocycles. The number of imidazole rings is 1. The Bertz CT molecular complexity index is 1470. The molecule has 0 aromatic carbocycles. The summed E-state index contributed by atoms with van der Waals surface area (Å²) in [5.74, 6) is 1.38. The molecule has 0 spiro atoms. The third kappa shape index (κ3) is 3.56. The number of carbonyl (C=O) groups is 1. The van der Waals surface area contributed by atoms with Crippen molar-refractivity contribution < 1.29 is 4.79 Å². The van der Waals surface area contributed by atoms with Crippen molar-refractivity contribution in [3.63, 3.8) is 0 Å². The van der Waals surface area contributed by atoms with Crippen LogP contribution in [0.1, 0.15) is 53.7 Å². The molecule has 33 heavy (non-hydrogen) atoms. The largest absolute Gasteiger partial charge is 0.342 e. The fourth-order valence-corrected chi connectivity index (χ4v) is 4.77. The number of amides is 1. The standard InChI is InChI=1S/C20H17ClN10OS/c1-10(17-23-9-24-26-17)25-20(32)12-6-13(31-18(11-2-3-11)27-28-29-31)19-22-7-14(30(19)8-12)15-4-5-16(21)33-15/h4-11H,2-3H2,1H3,(H,25,32)(H,23,24,26)/t10-/m0/s1. The van der Waals surface area contributed by atoms with E-state index < -0.39 is 0 Å². The van der Waals surface area contributed by atoms with Crippen LogP contribution in [0.3, 0.4) is 0 Å². The highest BCUT2D eigenvalue weighted by atomic mass is 35.5. The first-order valence-corrected chi connectivity index (χ1v) is 11.5. The number of tetrazole rings is 1. The number of carbonyl (C=O) groups excluding carboxylic acids is 1. The Kier molecular flexibility index (Phi) is 4.69. The normalized spacial score (nSPS) is 14.6. The third-order valence-electron chi connectivity index (χ3n) is 5.53. The number of hydrogen-bond acceptors (Lipinski definition) is 8. The lowest BCUT2D eigenvalue weighted by Crippen LogP contribution is -2.28. The highest BCUT2D eigenvalue weighted by molar-refractivity contribution is 7.19. The number of aromatic nitrogens is 9. The minimum absolute atomic E-state index is 0.271. The van der Waals surface area contributed by atoms with Gasteiger partial charge in [-0.2, -0.15) is 4.68 Å². The Hall–Kier alpha value is -3.64. The van der Waals surface area contributed by atoms with Crippen molar-refractivity contribution in [1.82, 2.24) is 50.1 Å². The summed E-state index contributed by atoms with van der Waals surface area (Å²) < 4.78 is 4.23. The molecule has 1 fully saturated rings. The first kappa shape index (κ1) is 20.0. The molecule has 0 aliphatic heterocycles. The summed E-state index contributed by atoms with van der Waals surface area (Å²) in [6.07, 6.45) is 7.08. The topological polar surface area (TPSA) is 132 Å². The van der Waals surface area contributed by atoms with Gasteiger partial charge in [0.05, 0.1) is 32.7 Å². The SMILES string of the molecule is C[C@H](NC(=O)c1cc(-n2nnnc2C2CC2)c2ncc(-c3ccc(Cl)s3)n2c1)c1nnc[nH]1. The summed E-state index contributed by atoms with van der Waals surface area (Å²) in [7, 11) is 0. The van der Waals surface area contributed by atoms with E-state index in [-0.39, 0.29) is 11.9 Å². The van der Waals surface area contributed by atoms with Crippen LogP contribution >= 0.6 is 22.9 Å². The Balaban J connectivity index is 1.49. The number of aromatic amines is 1. The maximum Gasteiger partial charge on any atom is 0.253 e. The van der Waals surface area contributed by atoms with Gasteiger partial charge in [0.1, 0.15) is 12.0 Å². The van der Waals surface area contributed by atoms with E-state index in [1.165, 1.54) is 17.7 Å². The summed E-state index contributed by atoms with van der Waals surface area (Å²) in [5, 5.41) is 23.0. The number of nitrogens with zero attached hydrogens (tertiary/aromatic N) is 8. The fourth-order valence-electron chi connectivity index (χ4n) is 3.72. The fraction of sp³-hybridized carbons (Fsp3) is 0.250. The quantitative estimate of drug-likeness (QED) is 0.381. The monoisotopic (exact) mass is 480 g/mol. The molecule has 11 nitrogen and oxygen atoms in total. The van der Waals surface area contributed by atoms with E-state index in [2.05, 4.69) is 41.0 Å². The van der Waals surface area contributed by atoms with E-state index in [9.17, 15) is 4.79 Å². The van der Waals surface area contributed by atoms with Gasteiger partial charge in [0.15, 0.2) is 17.3 Å². The van der Waals surface area contributed by atoms with Gasteiger partial charge in [-0.25, -0.2) is 4.98 Å². The van der Waals surface area contributed by atoms with Gasteiger partial charge in [-0.1, -0.05) is 11.6 Å². The maximum absolute atomic E-state index is 13.2. The van der Waals surface area contributed by atoms with Crippen molar-refractivity contribution in [3.8, 4) is 16.3 Å². The van der Waals surface area contributed by atoms with Gasteiger partial charge < -0.3 is 10.3 Å². The van der Waals surface area contributed by atoms with Crippen LogP contribution in [0.15, 0.2) is 36.9 Å². The van der Waals surface area contributed by atoms with Crippen molar-refractivity contribution in [2.24, 2.45) is 0 Å². The van der Waals surface area contributed by atoms with Crippen LogP contribution in [0.2, 0.25) is 4.34 Å². The predicted molar refractivity (Wildman–Crippen MR) is 120 cm³/mol. The van der Waals surface area contributed by atoms with Gasteiger partial charge in [0.2, 0.25) is 0 Å². The molecule has 1 amide bonds. The number of nitrogens with one attached hydrogen (secondary N) is 2. The molecule has 13 heteroatoms.